The van der Waals surface area contributed by atoms with E-state index in [9.17, 15) is 4.79 Å². The fourth-order valence-corrected chi connectivity index (χ4v) is 2.46. The van der Waals surface area contributed by atoms with Crippen molar-refractivity contribution in [2.45, 2.75) is 13.1 Å². The molecule has 0 aliphatic carbocycles. The van der Waals surface area contributed by atoms with Gasteiger partial charge < -0.3 is 15.6 Å². The van der Waals surface area contributed by atoms with Gasteiger partial charge in [0.2, 0.25) is 5.91 Å². The Kier molecular flexibility index (Phi) is 3.89. The summed E-state index contributed by atoms with van der Waals surface area (Å²) in [5.74, 6) is 0.592. The van der Waals surface area contributed by atoms with E-state index in [-0.39, 0.29) is 0 Å². The van der Waals surface area contributed by atoms with E-state index in [1.54, 1.807) is 12.1 Å². The number of carbonyl (C=O) groups excluding carboxylic acids is 1. The van der Waals surface area contributed by atoms with E-state index in [4.69, 9.17) is 5.73 Å². The monoisotopic (exact) mass is 294 g/mol. The van der Waals surface area contributed by atoms with Crippen LogP contribution in [0.25, 0.3) is 11.0 Å². The van der Waals surface area contributed by atoms with Crippen molar-refractivity contribution in [3.05, 3.63) is 65.5 Å². The van der Waals surface area contributed by atoms with Gasteiger partial charge in [0, 0.05) is 19.2 Å². The van der Waals surface area contributed by atoms with Crippen LogP contribution in [0.5, 0.6) is 0 Å². The minimum absolute atomic E-state index is 0.404. The number of nitrogens with zero attached hydrogens (tertiary/aromatic N) is 2. The number of primary amides is 1. The second kappa shape index (κ2) is 5.99. The lowest BCUT2D eigenvalue weighted by molar-refractivity contribution is 0.100. The van der Waals surface area contributed by atoms with Gasteiger partial charge in [-0.2, -0.15) is 0 Å². The minimum Gasteiger partial charge on any atom is -0.366 e. The normalized spacial score (nSPS) is 11.0. The van der Waals surface area contributed by atoms with E-state index in [0.29, 0.717) is 18.7 Å². The summed E-state index contributed by atoms with van der Waals surface area (Å²) in [5.41, 5.74) is 8.99. The van der Waals surface area contributed by atoms with Crippen molar-refractivity contribution in [1.29, 1.82) is 0 Å². The van der Waals surface area contributed by atoms with Crippen molar-refractivity contribution in [1.82, 2.24) is 14.9 Å². The van der Waals surface area contributed by atoms with Gasteiger partial charge in [0.15, 0.2) is 0 Å². The van der Waals surface area contributed by atoms with E-state index < -0.39 is 5.91 Å². The van der Waals surface area contributed by atoms with Crippen LogP contribution >= 0.6 is 0 Å². The molecule has 0 aliphatic heterocycles. The van der Waals surface area contributed by atoms with Crippen LogP contribution in [0.1, 0.15) is 21.7 Å². The first kappa shape index (κ1) is 14.3. The Morgan fingerprint density at radius 3 is 2.55 bits per heavy atom. The molecule has 0 fully saturated rings. The van der Waals surface area contributed by atoms with E-state index in [0.717, 1.165) is 22.4 Å². The van der Waals surface area contributed by atoms with Gasteiger partial charge in [-0.05, 0) is 29.8 Å². The number of hydrogen-bond donors (Lipinski definition) is 2. The Morgan fingerprint density at radius 1 is 1.14 bits per heavy atom. The molecule has 0 aliphatic rings. The Bertz CT molecular complexity index is 805. The summed E-state index contributed by atoms with van der Waals surface area (Å²) in [6.45, 7) is 1.39. The summed E-state index contributed by atoms with van der Waals surface area (Å²) >= 11 is 0. The van der Waals surface area contributed by atoms with Crippen molar-refractivity contribution >= 4 is 16.9 Å². The molecule has 5 nitrogen and oxygen atoms in total. The first-order chi connectivity index (χ1) is 10.6. The number of aromatic nitrogens is 2. The van der Waals surface area contributed by atoms with Gasteiger partial charge in [-0.25, -0.2) is 4.98 Å². The summed E-state index contributed by atoms with van der Waals surface area (Å²) in [4.78, 5) is 15.6. The van der Waals surface area contributed by atoms with Crippen LogP contribution in [0.4, 0.5) is 0 Å². The zero-order valence-electron chi connectivity index (χ0n) is 12.4. The molecular weight excluding hydrogens is 276 g/mol. The van der Waals surface area contributed by atoms with Crippen LogP contribution in [0.3, 0.4) is 0 Å². The van der Waals surface area contributed by atoms with E-state index in [1.165, 1.54) is 0 Å². The third-order valence-corrected chi connectivity index (χ3v) is 3.73. The van der Waals surface area contributed by atoms with Crippen molar-refractivity contribution < 1.29 is 4.79 Å². The van der Waals surface area contributed by atoms with Crippen molar-refractivity contribution in [2.75, 3.05) is 0 Å². The van der Waals surface area contributed by atoms with Crippen LogP contribution in [-0.4, -0.2) is 15.5 Å². The Morgan fingerprint density at radius 2 is 1.86 bits per heavy atom. The van der Waals surface area contributed by atoms with Crippen LogP contribution in [0, 0.1) is 0 Å². The molecule has 3 aromatic rings. The van der Waals surface area contributed by atoms with Gasteiger partial charge >= 0.3 is 0 Å². The molecule has 0 bridgehead atoms. The largest absolute Gasteiger partial charge is 0.366 e. The average Bonchev–Trinajstić information content (AvgIpc) is 2.85. The molecular formula is C17H18N4O. The van der Waals surface area contributed by atoms with Crippen LogP contribution in [-0.2, 0) is 20.1 Å². The lowest BCUT2D eigenvalue weighted by atomic mass is 10.1. The second-order valence-electron chi connectivity index (χ2n) is 5.24. The van der Waals surface area contributed by atoms with E-state index >= 15 is 0 Å². The number of imidazole rings is 1. The molecule has 3 N–H and O–H groups in total. The fraction of sp³-hybridized carbons (Fsp3) is 0.176. The second-order valence-corrected chi connectivity index (χ2v) is 5.24. The number of aryl methyl sites for hydroxylation is 1. The molecule has 1 aromatic heterocycles. The molecule has 0 spiro atoms. The maximum absolute atomic E-state index is 11.0. The standard InChI is InChI=1S/C17H18N4O/c1-21-15-5-3-2-4-14(15)20-16(21)11-19-10-12-6-8-13(9-7-12)17(18)22/h2-9,19H,10-11H2,1H3,(H2,18,22). The maximum atomic E-state index is 11.0. The molecule has 0 saturated heterocycles. The molecule has 0 atom stereocenters. The van der Waals surface area contributed by atoms with E-state index in [1.807, 2.05) is 37.4 Å². The van der Waals surface area contributed by atoms with Gasteiger partial charge in [-0.3, -0.25) is 4.79 Å². The number of rotatable bonds is 5. The predicted molar refractivity (Wildman–Crippen MR) is 86.2 cm³/mol. The third kappa shape index (κ3) is 2.84. The molecule has 0 unspecified atom stereocenters. The highest BCUT2D eigenvalue weighted by Gasteiger charge is 2.06. The number of fused-ring (bicyclic) bond motifs is 1. The molecule has 2 aromatic carbocycles. The number of benzene rings is 2. The minimum atomic E-state index is -0.404. The molecule has 0 saturated carbocycles. The number of nitrogens with two attached hydrogens (primary N) is 1. The lowest BCUT2D eigenvalue weighted by Crippen LogP contribution is -2.16. The third-order valence-electron chi connectivity index (χ3n) is 3.73. The number of carbonyl (C=O) groups is 1. The predicted octanol–water partition coefficient (Wildman–Crippen LogP) is 1.96. The fourth-order valence-electron chi connectivity index (χ4n) is 2.46. The highest BCUT2D eigenvalue weighted by atomic mass is 16.1. The molecule has 0 radical (unpaired) electrons. The maximum Gasteiger partial charge on any atom is 0.248 e. The zero-order chi connectivity index (χ0) is 15.5. The first-order valence-electron chi connectivity index (χ1n) is 7.15. The van der Waals surface area contributed by atoms with Crippen molar-refractivity contribution in [3.63, 3.8) is 0 Å². The summed E-state index contributed by atoms with van der Waals surface area (Å²) in [7, 11) is 2.02. The highest BCUT2D eigenvalue weighted by molar-refractivity contribution is 5.92. The van der Waals surface area contributed by atoms with E-state index in [2.05, 4.69) is 20.9 Å². The SMILES string of the molecule is Cn1c(CNCc2ccc(C(N)=O)cc2)nc2ccccc21. The first-order valence-corrected chi connectivity index (χ1v) is 7.15. The number of hydrogen-bond acceptors (Lipinski definition) is 3. The summed E-state index contributed by atoms with van der Waals surface area (Å²) in [5, 5.41) is 3.37. The van der Waals surface area contributed by atoms with Gasteiger partial charge in [-0.15, -0.1) is 0 Å². The quantitative estimate of drug-likeness (QED) is 0.755. The molecule has 1 amide bonds. The summed E-state index contributed by atoms with van der Waals surface area (Å²) < 4.78 is 2.10. The van der Waals surface area contributed by atoms with Gasteiger partial charge in [0.05, 0.1) is 17.6 Å². The van der Waals surface area contributed by atoms with Crippen molar-refractivity contribution in [3.8, 4) is 0 Å². The van der Waals surface area contributed by atoms with Gasteiger partial charge in [0.25, 0.3) is 0 Å². The van der Waals surface area contributed by atoms with Gasteiger partial charge in [0.1, 0.15) is 5.82 Å². The number of amides is 1. The summed E-state index contributed by atoms with van der Waals surface area (Å²) in [6, 6.07) is 15.4. The Hall–Kier alpha value is -2.66. The molecule has 3 rings (SSSR count). The highest BCUT2D eigenvalue weighted by Crippen LogP contribution is 2.14. The van der Waals surface area contributed by atoms with Crippen LogP contribution in [0.15, 0.2) is 48.5 Å². The number of para-hydroxylation sites is 2. The smallest absolute Gasteiger partial charge is 0.248 e. The van der Waals surface area contributed by atoms with Gasteiger partial charge in [-0.1, -0.05) is 24.3 Å². The van der Waals surface area contributed by atoms with Crippen LogP contribution < -0.4 is 11.1 Å². The zero-order valence-corrected chi connectivity index (χ0v) is 12.4. The molecule has 112 valence electrons. The molecule has 1 heterocycles. The lowest BCUT2D eigenvalue weighted by Gasteiger charge is -2.06. The van der Waals surface area contributed by atoms with Crippen molar-refractivity contribution in [2.24, 2.45) is 12.8 Å². The molecule has 5 heteroatoms. The topological polar surface area (TPSA) is 72.9 Å². The van der Waals surface area contributed by atoms with Crippen LogP contribution in [0.2, 0.25) is 0 Å². The summed E-state index contributed by atoms with van der Waals surface area (Å²) in [6.07, 6.45) is 0. The average molecular weight is 294 g/mol. The Balaban J connectivity index is 1.64. The number of nitrogens with one attached hydrogen (secondary N) is 1. The molecule has 22 heavy (non-hydrogen) atoms. The Labute approximate surface area is 128 Å².